The summed E-state index contributed by atoms with van der Waals surface area (Å²) in [6.07, 6.45) is 0. The van der Waals surface area contributed by atoms with E-state index in [2.05, 4.69) is 16.0 Å². The SMILES string of the molecule is COCC(=O)Nc1cccc(NC(=O)N[C@@H](C)c2ccc(OC)c(F)c2)c1C. The van der Waals surface area contributed by atoms with Crippen molar-refractivity contribution in [2.24, 2.45) is 0 Å². The Morgan fingerprint density at radius 3 is 2.39 bits per heavy atom. The molecular weight excluding hydrogens is 365 g/mol. The largest absolute Gasteiger partial charge is 0.494 e. The van der Waals surface area contributed by atoms with Crippen LogP contribution < -0.4 is 20.7 Å². The average Bonchev–Trinajstić information content (AvgIpc) is 2.65. The number of carbonyl (C=O) groups excluding carboxylic acids is 2. The third-order valence-corrected chi connectivity index (χ3v) is 4.15. The zero-order valence-electron chi connectivity index (χ0n) is 16.3. The molecule has 0 saturated heterocycles. The van der Waals surface area contributed by atoms with E-state index in [0.717, 1.165) is 0 Å². The second-order valence-corrected chi connectivity index (χ2v) is 6.17. The summed E-state index contributed by atoms with van der Waals surface area (Å²) in [6, 6.07) is 8.81. The van der Waals surface area contributed by atoms with E-state index in [9.17, 15) is 14.0 Å². The van der Waals surface area contributed by atoms with Crippen LogP contribution in [0.1, 0.15) is 24.1 Å². The third-order valence-electron chi connectivity index (χ3n) is 4.15. The van der Waals surface area contributed by atoms with Crippen molar-refractivity contribution >= 4 is 23.3 Å². The summed E-state index contributed by atoms with van der Waals surface area (Å²) < 4.78 is 23.5. The van der Waals surface area contributed by atoms with Crippen molar-refractivity contribution in [3.8, 4) is 5.75 Å². The molecule has 0 spiro atoms. The number of nitrogens with one attached hydrogen (secondary N) is 3. The molecule has 0 radical (unpaired) electrons. The first-order valence-electron chi connectivity index (χ1n) is 8.65. The van der Waals surface area contributed by atoms with Crippen molar-refractivity contribution in [3.63, 3.8) is 0 Å². The fourth-order valence-corrected chi connectivity index (χ4v) is 2.61. The first kappa shape index (κ1) is 21.2. The van der Waals surface area contributed by atoms with Gasteiger partial charge in [0.05, 0.1) is 13.2 Å². The van der Waals surface area contributed by atoms with E-state index >= 15 is 0 Å². The molecule has 0 aliphatic carbocycles. The van der Waals surface area contributed by atoms with Crippen LogP contribution in [0.4, 0.5) is 20.6 Å². The van der Waals surface area contributed by atoms with Crippen molar-refractivity contribution in [3.05, 3.63) is 53.3 Å². The number of methoxy groups -OCH3 is 2. The zero-order chi connectivity index (χ0) is 20.7. The van der Waals surface area contributed by atoms with Crippen molar-refractivity contribution in [2.45, 2.75) is 19.9 Å². The van der Waals surface area contributed by atoms with Gasteiger partial charge in [-0.1, -0.05) is 12.1 Å². The Hall–Kier alpha value is -3.13. The van der Waals surface area contributed by atoms with Gasteiger partial charge in [0.1, 0.15) is 6.61 Å². The first-order chi connectivity index (χ1) is 13.3. The lowest BCUT2D eigenvalue weighted by Gasteiger charge is -2.17. The maximum Gasteiger partial charge on any atom is 0.319 e. The molecule has 0 bridgehead atoms. The zero-order valence-corrected chi connectivity index (χ0v) is 16.3. The minimum atomic E-state index is -0.496. The molecule has 3 N–H and O–H groups in total. The molecule has 0 heterocycles. The van der Waals surface area contributed by atoms with E-state index in [4.69, 9.17) is 9.47 Å². The summed E-state index contributed by atoms with van der Waals surface area (Å²) in [6.45, 7) is 3.46. The van der Waals surface area contributed by atoms with Crippen molar-refractivity contribution < 1.29 is 23.5 Å². The van der Waals surface area contributed by atoms with Crippen LogP contribution in [0.5, 0.6) is 5.75 Å². The van der Waals surface area contributed by atoms with Gasteiger partial charge >= 0.3 is 6.03 Å². The average molecular weight is 389 g/mol. The topological polar surface area (TPSA) is 88.7 Å². The minimum absolute atomic E-state index is 0.0620. The lowest BCUT2D eigenvalue weighted by atomic mass is 10.1. The highest BCUT2D eigenvalue weighted by molar-refractivity contribution is 5.95. The number of carbonyl (C=O) groups is 2. The van der Waals surface area contributed by atoms with Crippen LogP contribution in [0, 0.1) is 12.7 Å². The summed E-state index contributed by atoms with van der Waals surface area (Å²) in [5.74, 6) is -0.643. The van der Waals surface area contributed by atoms with Gasteiger partial charge in [0.15, 0.2) is 11.6 Å². The predicted molar refractivity (Wildman–Crippen MR) is 105 cm³/mol. The fraction of sp³-hybridized carbons (Fsp3) is 0.300. The molecule has 0 saturated carbocycles. The van der Waals surface area contributed by atoms with E-state index < -0.39 is 17.9 Å². The van der Waals surface area contributed by atoms with Gasteiger partial charge in [0.25, 0.3) is 0 Å². The number of rotatable bonds is 7. The van der Waals surface area contributed by atoms with E-state index in [1.165, 1.54) is 26.4 Å². The lowest BCUT2D eigenvalue weighted by molar-refractivity contribution is -0.119. The lowest BCUT2D eigenvalue weighted by Crippen LogP contribution is -2.31. The van der Waals surface area contributed by atoms with Gasteiger partial charge in [0, 0.05) is 18.5 Å². The van der Waals surface area contributed by atoms with Crippen molar-refractivity contribution in [1.29, 1.82) is 0 Å². The maximum absolute atomic E-state index is 13.9. The summed E-state index contributed by atoms with van der Waals surface area (Å²) in [7, 11) is 2.83. The Morgan fingerprint density at radius 2 is 1.79 bits per heavy atom. The standard InChI is InChI=1S/C20H24FN3O4/c1-12-16(23-19(25)11-27-3)6-5-7-17(12)24-20(26)22-13(2)14-8-9-18(28-4)15(21)10-14/h5-10,13H,11H2,1-4H3,(H,23,25)(H2,22,24,26)/t13-/m0/s1. The molecule has 28 heavy (non-hydrogen) atoms. The summed E-state index contributed by atoms with van der Waals surface area (Å²) in [4.78, 5) is 24.0. The third kappa shape index (κ3) is 5.43. The van der Waals surface area contributed by atoms with Crippen LogP contribution in [0.3, 0.4) is 0 Å². The van der Waals surface area contributed by atoms with Gasteiger partial charge in [-0.25, -0.2) is 9.18 Å². The second kappa shape index (κ2) is 9.70. The van der Waals surface area contributed by atoms with Crippen LogP contribution in [0.25, 0.3) is 0 Å². The van der Waals surface area contributed by atoms with E-state index in [-0.39, 0.29) is 18.3 Å². The number of hydrogen-bond donors (Lipinski definition) is 3. The van der Waals surface area contributed by atoms with E-state index in [1.807, 2.05) is 0 Å². The second-order valence-electron chi connectivity index (χ2n) is 6.17. The molecule has 2 rings (SSSR count). The maximum atomic E-state index is 13.9. The number of halogens is 1. The smallest absolute Gasteiger partial charge is 0.319 e. The molecule has 150 valence electrons. The highest BCUT2D eigenvalue weighted by Gasteiger charge is 2.14. The molecule has 1 atom stereocenters. The minimum Gasteiger partial charge on any atom is -0.494 e. The van der Waals surface area contributed by atoms with Crippen LogP contribution in [0.15, 0.2) is 36.4 Å². The number of amides is 3. The van der Waals surface area contributed by atoms with Gasteiger partial charge in [-0.05, 0) is 49.2 Å². The van der Waals surface area contributed by atoms with Crippen molar-refractivity contribution in [1.82, 2.24) is 5.32 Å². The Balaban J connectivity index is 2.04. The fourth-order valence-electron chi connectivity index (χ4n) is 2.61. The van der Waals surface area contributed by atoms with Gasteiger partial charge in [-0.2, -0.15) is 0 Å². The molecule has 3 amide bonds. The van der Waals surface area contributed by atoms with Crippen LogP contribution in [-0.2, 0) is 9.53 Å². The van der Waals surface area contributed by atoms with E-state index in [1.54, 1.807) is 38.1 Å². The quantitative estimate of drug-likeness (QED) is 0.675. The summed E-state index contributed by atoms with van der Waals surface area (Å²) in [5, 5.41) is 8.21. The number of benzene rings is 2. The first-order valence-corrected chi connectivity index (χ1v) is 8.65. The number of ether oxygens (including phenoxy) is 2. The monoisotopic (exact) mass is 389 g/mol. The summed E-state index contributed by atoms with van der Waals surface area (Å²) >= 11 is 0. The highest BCUT2D eigenvalue weighted by Crippen LogP contribution is 2.24. The van der Waals surface area contributed by atoms with Gasteiger partial charge < -0.3 is 25.4 Å². The van der Waals surface area contributed by atoms with Gasteiger partial charge in [0.2, 0.25) is 5.91 Å². The van der Waals surface area contributed by atoms with E-state index in [0.29, 0.717) is 22.5 Å². The molecule has 0 unspecified atom stereocenters. The number of anilines is 2. The number of urea groups is 1. The molecule has 0 aliphatic rings. The molecule has 2 aromatic carbocycles. The Bertz CT molecular complexity index is 857. The molecule has 0 fully saturated rings. The predicted octanol–water partition coefficient (Wildman–Crippen LogP) is 3.61. The van der Waals surface area contributed by atoms with Crippen molar-refractivity contribution in [2.75, 3.05) is 31.5 Å². The van der Waals surface area contributed by atoms with Crippen LogP contribution in [0.2, 0.25) is 0 Å². The van der Waals surface area contributed by atoms with Crippen LogP contribution in [-0.4, -0.2) is 32.8 Å². The highest BCUT2D eigenvalue weighted by atomic mass is 19.1. The van der Waals surface area contributed by atoms with Gasteiger partial charge in [-0.15, -0.1) is 0 Å². The molecule has 2 aromatic rings. The Kier molecular flexibility index (Phi) is 7.34. The number of hydrogen-bond acceptors (Lipinski definition) is 4. The molecule has 0 aliphatic heterocycles. The Morgan fingerprint density at radius 1 is 1.11 bits per heavy atom. The normalized spacial score (nSPS) is 11.5. The van der Waals surface area contributed by atoms with Gasteiger partial charge in [-0.3, -0.25) is 4.79 Å². The van der Waals surface area contributed by atoms with Crippen LogP contribution >= 0.6 is 0 Å². The molecule has 8 heteroatoms. The summed E-state index contributed by atoms with van der Waals surface area (Å²) in [5.41, 5.74) is 2.42. The Labute approximate surface area is 163 Å². The molecular formula is C20H24FN3O4. The molecule has 0 aromatic heterocycles. The molecule has 7 nitrogen and oxygen atoms in total.